The summed E-state index contributed by atoms with van der Waals surface area (Å²) in [5, 5.41) is 17.7. The summed E-state index contributed by atoms with van der Waals surface area (Å²) in [6, 6.07) is 0. The highest BCUT2D eigenvalue weighted by Crippen LogP contribution is 2.19. The third-order valence-electron chi connectivity index (χ3n) is 2.68. The van der Waals surface area contributed by atoms with E-state index in [0.717, 1.165) is 12.8 Å². The molecule has 2 N–H and O–H groups in total. The van der Waals surface area contributed by atoms with Crippen LogP contribution >= 0.6 is 0 Å². The Morgan fingerprint density at radius 1 is 1.25 bits per heavy atom. The molecule has 0 radical (unpaired) electrons. The van der Waals surface area contributed by atoms with Crippen LogP contribution in [0, 0.1) is 17.8 Å². The highest BCUT2D eigenvalue weighted by molar-refractivity contribution is 5.72. The lowest BCUT2D eigenvalue weighted by Crippen LogP contribution is -2.27. The maximum atomic E-state index is 11.7. The van der Waals surface area contributed by atoms with Crippen molar-refractivity contribution in [3.05, 3.63) is 0 Å². The summed E-state index contributed by atoms with van der Waals surface area (Å²) in [7, 11) is 0. The van der Waals surface area contributed by atoms with E-state index in [1.807, 2.05) is 20.8 Å². The van der Waals surface area contributed by atoms with Crippen LogP contribution in [0.3, 0.4) is 0 Å². The largest absolute Gasteiger partial charge is 0.465 e. The summed E-state index contributed by atoms with van der Waals surface area (Å²) in [4.78, 5) is 11.7. The number of carbonyl (C=O) groups excluding carboxylic acids is 1. The molecule has 0 aliphatic rings. The van der Waals surface area contributed by atoms with Gasteiger partial charge in [-0.3, -0.25) is 4.79 Å². The van der Waals surface area contributed by atoms with Gasteiger partial charge >= 0.3 is 5.97 Å². The Hall–Kier alpha value is -0.610. The van der Waals surface area contributed by atoms with Gasteiger partial charge in [0.25, 0.3) is 0 Å². The number of esters is 1. The van der Waals surface area contributed by atoms with Crippen LogP contribution in [0.25, 0.3) is 0 Å². The summed E-state index contributed by atoms with van der Waals surface area (Å²) in [5.41, 5.74) is 0. The van der Waals surface area contributed by atoms with Crippen LogP contribution in [0.5, 0.6) is 0 Å². The molecule has 4 nitrogen and oxygen atoms in total. The summed E-state index contributed by atoms with van der Waals surface area (Å²) in [6.45, 7) is 5.80. The molecule has 0 aliphatic heterocycles. The van der Waals surface area contributed by atoms with E-state index in [1.54, 1.807) is 0 Å². The summed E-state index contributed by atoms with van der Waals surface area (Å²) in [5.74, 6) is -0.403. The molecule has 0 bridgehead atoms. The molecule has 0 aliphatic carbocycles. The van der Waals surface area contributed by atoms with E-state index in [0.29, 0.717) is 0 Å². The Bertz CT molecular complexity index is 187. The van der Waals surface area contributed by atoms with Crippen LogP contribution in [0.1, 0.15) is 33.6 Å². The minimum absolute atomic E-state index is 0.0805. The Kier molecular flexibility index (Phi) is 8.21. The quantitative estimate of drug-likeness (QED) is 0.617. The van der Waals surface area contributed by atoms with Gasteiger partial charge in [-0.15, -0.1) is 0 Å². The Labute approximate surface area is 97.6 Å². The van der Waals surface area contributed by atoms with Gasteiger partial charge in [0.1, 0.15) is 0 Å². The number of aliphatic hydroxyl groups excluding tert-OH is 2. The van der Waals surface area contributed by atoms with Crippen LogP contribution < -0.4 is 0 Å². The van der Waals surface area contributed by atoms with Crippen molar-refractivity contribution in [2.75, 3.05) is 19.8 Å². The third kappa shape index (κ3) is 5.47. The molecule has 0 rings (SSSR count). The van der Waals surface area contributed by atoms with Gasteiger partial charge in [0.05, 0.1) is 25.7 Å². The van der Waals surface area contributed by atoms with Gasteiger partial charge < -0.3 is 14.9 Å². The minimum Gasteiger partial charge on any atom is -0.465 e. The van der Waals surface area contributed by atoms with Crippen molar-refractivity contribution in [3.63, 3.8) is 0 Å². The molecule has 0 amide bonds. The van der Waals surface area contributed by atoms with Crippen molar-refractivity contribution in [2.45, 2.75) is 33.6 Å². The monoisotopic (exact) mass is 232 g/mol. The van der Waals surface area contributed by atoms with E-state index in [4.69, 9.17) is 14.9 Å². The van der Waals surface area contributed by atoms with E-state index in [2.05, 4.69) is 0 Å². The average molecular weight is 232 g/mol. The fraction of sp³-hybridized carbons (Fsp3) is 0.917. The number of aliphatic hydroxyl groups is 2. The molecule has 0 fully saturated rings. The number of ether oxygens (including phenoxy) is 1. The predicted molar refractivity (Wildman–Crippen MR) is 61.9 cm³/mol. The SMILES string of the molecule is CCCC(C(=O)OCC(CO)CO)C(C)C. The molecule has 0 aromatic rings. The van der Waals surface area contributed by atoms with Crippen LogP contribution in [0.4, 0.5) is 0 Å². The first kappa shape index (κ1) is 15.4. The first-order valence-electron chi connectivity index (χ1n) is 5.95. The highest BCUT2D eigenvalue weighted by Gasteiger charge is 2.23. The summed E-state index contributed by atoms with van der Waals surface area (Å²) < 4.78 is 5.10. The summed E-state index contributed by atoms with van der Waals surface area (Å²) in [6.07, 6.45) is 1.76. The van der Waals surface area contributed by atoms with Crippen molar-refractivity contribution in [1.29, 1.82) is 0 Å². The normalized spacial score (nSPS) is 13.2. The first-order chi connectivity index (χ1) is 7.56. The molecule has 0 aromatic carbocycles. The molecule has 0 heterocycles. The number of rotatable bonds is 8. The second-order valence-corrected chi connectivity index (χ2v) is 4.50. The van der Waals surface area contributed by atoms with E-state index in [1.165, 1.54) is 0 Å². The summed E-state index contributed by atoms with van der Waals surface area (Å²) >= 11 is 0. The van der Waals surface area contributed by atoms with Gasteiger partial charge in [0.2, 0.25) is 0 Å². The lowest BCUT2D eigenvalue weighted by atomic mass is 9.91. The Morgan fingerprint density at radius 3 is 2.19 bits per heavy atom. The van der Waals surface area contributed by atoms with Gasteiger partial charge in [-0.25, -0.2) is 0 Å². The van der Waals surface area contributed by atoms with Gasteiger partial charge in [0, 0.05) is 5.92 Å². The van der Waals surface area contributed by atoms with Crippen molar-refractivity contribution in [3.8, 4) is 0 Å². The zero-order valence-corrected chi connectivity index (χ0v) is 10.5. The fourth-order valence-electron chi connectivity index (χ4n) is 1.50. The van der Waals surface area contributed by atoms with Gasteiger partial charge in [-0.2, -0.15) is 0 Å². The molecule has 0 saturated carbocycles. The van der Waals surface area contributed by atoms with E-state index < -0.39 is 0 Å². The molecule has 4 heteroatoms. The topological polar surface area (TPSA) is 66.8 Å². The van der Waals surface area contributed by atoms with E-state index in [-0.39, 0.29) is 43.5 Å². The highest BCUT2D eigenvalue weighted by atomic mass is 16.5. The molecule has 0 aromatic heterocycles. The van der Waals surface area contributed by atoms with Gasteiger partial charge in [0.15, 0.2) is 0 Å². The number of carbonyl (C=O) groups is 1. The van der Waals surface area contributed by atoms with Crippen LogP contribution in [0.2, 0.25) is 0 Å². The second kappa shape index (κ2) is 8.53. The third-order valence-corrected chi connectivity index (χ3v) is 2.68. The van der Waals surface area contributed by atoms with Crippen molar-refractivity contribution < 1.29 is 19.7 Å². The van der Waals surface area contributed by atoms with Crippen LogP contribution in [-0.4, -0.2) is 36.0 Å². The van der Waals surface area contributed by atoms with Crippen LogP contribution in [-0.2, 0) is 9.53 Å². The lowest BCUT2D eigenvalue weighted by Gasteiger charge is -2.20. The van der Waals surface area contributed by atoms with Gasteiger partial charge in [-0.05, 0) is 12.3 Å². The molecule has 0 saturated heterocycles. The number of hydrogen-bond donors (Lipinski definition) is 2. The average Bonchev–Trinajstić information content (AvgIpc) is 2.26. The fourth-order valence-corrected chi connectivity index (χ4v) is 1.50. The lowest BCUT2D eigenvalue weighted by molar-refractivity contribution is -0.152. The van der Waals surface area contributed by atoms with Crippen LogP contribution in [0.15, 0.2) is 0 Å². The second-order valence-electron chi connectivity index (χ2n) is 4.50. The maximum absolute atomic E-state index is 11.7. The van der Waals surface area contributed by atoms with Crippen molar-refractivity contribution >= 4 is 5.97 Å². The Morgan fingerprint density at radius 2 is 1.81 bits per heavy atom. The maximum Gasteiger partial charge on any atom is 0.309 e. The first-order valence-corrected chi connectivity index (χ1v) is 5.95. The Balaban J connectivity index is 4.09. The van der Waals surface area contributed by atoms with Gasteiger partial charge in [-0.1, -0.05) is 27.2 Å². The molecule has 0 spiro atoms. The zero-order valence-electron chi connectivity index (χ0n) is 10.5. The molecular weight excluding hydrogens is 208 g/mol. The predicted octanol–water partition coefficient (Wildman–Crippen LogP) is 1.20. The minimum atomic E-state index is -0.363. The molecule has 1 atom stereocenters. The standard InChI is InChI=1S/C12H24O4/c1-4-5-11(9(2)3)12(15)16-8-10(6-13)7-14/h9-11,13-14H,4-8H2,1-3H3. The van der Waals surface area contributed by atoms with Crippen molar-refractivity contribution in [1.82, 2.24) is 0 Å². The number of hydrogen-bond acceptors (Lipinski definition) is 4. The molecule has 1 unspecified atom stereocenters. The molecule has 16 heavy (non-hydrogen) atoms. The smallest absolute Gasteiger partial charge is 0.309 e. The molecule has 96 valence electrons. The van der Waals surface area contributed by atoms with E-state index in [9.17, 15) is 4.79 Å². The molecular formula is C12H24O4. The van der Waals surface area contributed by atoms with E-state index >= 15 is 0 Å². The zero-order chi connectivity index (χ0) is 12.6. The van der Waals surface area contributed by atoms with Crippen molar-refractivity contribution in [2.24, 2.45) is 17.8 Å².